The number of aromatic nitrogens is 2. The van der Waals surface area contributed by atoms with Gasteiger partial charge in [-0.3, -0.25) is 9.59 Å². The van der Waals surface area contributed by atoms with Gasteiger partial charge in [-0.15, -0.1) is 0 Å². The van der Waals surface area contributed by atoms with Crippen LogP contribution < -0.4 is 11.1 Å². The third kappa shape index (κ3) is 4.30. The summed E-state index contributed by atoms with van der Waals surface area (Å²) in [5.41, 5.74) is 10.6. The zero-order chi connectivity index (χ0) is 21.8. The summed E-state index contributed by atoms with van der Waals surface area (Å²) < 4.78 is 0. The van der Waals surface area contributed by atoms with Crippen molar-refractivity contribution in [1.82, 2.24) is 14.9 Å². The van der Waals surface area contributed by atoms with E-state index < -0.39 is 0 Å². The lowest BCUT2D eigenvalue weighted by atomic mass is 9.98. The van der Waals surface area contributed by atoms with E-state index in [4.69, 9.17) is 5.73 Å². The third-order valence-corrected chi connectivity index (χ3v) is 5.30. The molecule has 1 saturated heterocycles. The topological polar surface area (TPSA) is 101 Å². The minimum Gasteiger partial charge on any atom is -0.383 e. The largest absolute Gasteiger partial charge is 0.383 e. The zero-order valence-corrected chi connectivity index (χ0v) is 17.0. The lowest BCUT2D eigenvalue weighted by molar-refractivity contribution is -0.111. The first kappa shape index (κ1) is 20.3. The summed E-state index contributed by atoms with van der Waals surface area (Å²) in [6, 6.07) is 14.7. The first-order valence-corrected chi connectivity index (χ1v) is 10.1. The highest BCUT2D eigenvalue weighted by molar-refractivity contribution is 5.99. The highest BCUT2D eigenvalue weighted by atomic mass is 16.2. The van der Waals surface area contributed by atoms with E-state index in [2.05, 4.69) is 21.9 Å². The van der Waals surface area contributed by atoms with Crippen molar-refractivity contribution in [2.75, 3.05) is 24.1 Å². The number of anilines is 2. The van der Waals surface area contributed by atoms with Crippen LogP contribution in [0, 0.1) is 0 Å². The SMILES string of the molecule is C=CC(=O)Nc1ccc(-c2ncnc(N)c2-c2ccc(C(=O)N3CCCC3)cc2)cc1. The Bertz CT molecular complexity index is 1120. The predicted octanol–water partition coefficient (Wildman–Crippen LogP) is 3.75. The maximum Gasteiger partial charge on any atom is 0.253 e. The average molecular weight is 413 g/mol. The fourth-order valence-electron chi connectivity index (χ4n) is 3.69. The number of nitrogens with one attached hydrogen (secondary N) is 1. The van der Waals surface area contributed by atoms with Crippen molar-refractivity contribution in [1.29, 1.82) is 0 Å². The number of rotatable bonds is 5. The molecule has 2 aromatic carbocycles. The number of nitrogens with two attached hydrogens (primary N) is 1. The van der Waals surface area contributed by atoms with Gasteiger partial charge in [0, 0.05) is 29.9 Å². The van der Waals surface area contributed by atoms with E-state index in [1.165, 1.54) is 12.4 Å². The number of amides is 2. The Labute approximate surface area is 180 Å². The number of hydrogen-bond donors (Lipinski definition) is 2. The van der Waals surface area contributed by atoms with Gasteiger partial charge in [0.1, 0.15) is 12.1 Å². The quantitative estimate of drug-likeness (QED) is 0.620. The van der Waals surface area contributed by atoms with E-state index >= 15 is 0 Å². The van der Waals surface area contributed by atoms with Crippen LogP contribution in [0.4, 0.5) is 11.5 Å². The van der Waals surface area contributed by atoms with Crippen molar-refractivity contribution in [2.45, 2.75) is 12.8 Å². The lowest BCUT2D eigenvalue weighted by Crippen LogP contribution is -2.27. The first-order valence-electron chi connectivity index (χ1n) is 10.1. The Kier molecular flexibility index (Phi) is 5.75. The monoisotopic (exact) mass is 413 g/mol. The van der Waals surface area contributed by atoms with E-state index in [9.17, 15) is 9.59 Å². The molecule has 7 heteroatoms. The number of benzene rings is 2. The van der Waals surface area contributed by atoms with Gasteiger partial charge in [0.25, 0.3) is 5.91 Å². The smallest absolute Gasteiger partial charge is 0.253 e. The maximum absolute atomic E-state index is 12.6. The van der Waals surface area contributed by atoms with Crippen LogP contribution in [0.3, 0.4) is 0 Å². The number of hydrogen-bond acceptors (Lipinski definition) is 5. The molecule has 1 fully saturated rings. The molecular weight excluding hydrogens is 390 g/mol. The summed E-state index contributed by atoms with van der Waals surface area (Å²) in [4.78, 5) is 34.6. The third-order valence-electron chi connectivity index (χ3n) is 5.30. The number of carbonyl (C=O) groups is 2. The molecule has 7 nitrogen and oxygen atoms in total. The van der Waals surface area contributed by atoms with Crippen molar-refractivity contribution < 1.29 is 9.59 Å². The molecular formula is C24H23N5O2. The maximum atomic E-state index is 12.6. The van der Waals surface area contributed by atoms with Crippen LogP contribution in [0.2, 0.25) is 0 Å². The summed E-state index contributed by atoms with van der Waals surface area (Å²) in [7, 11) is 0. The Hall–Kier alpha value is -4.00. The Morgan fingerprint density at radius 3 is 2.26 bits per heavy atom. The Morgan fingerprint density at radius 2 is 1.61 bits per heavy atom. The summed E-state index contributed by atoms with van der Waals surface area (Å²) in [6.45, 7) is 5.08. The molecule has 0 atom stereocenters. The highest BCUT2D eigenvalue weighted by Crippen LogP contribution is 2.34. The van der Waals surface area contributed by atoms with Gasteiger partial charge in [-0.1, -0.05) is 30.8 Å². The number of nitrogens with zero attached hydrogens (tertiary/aromatic N) is 3. The lowest BCUT2D eigenvalue weighted by Gasteiger charge is -2.16. The van der Waals surface area contributed by atoms with Crippen molar-refractivity contribution in [3.8, 4) is 22.4 Å². The van der Waals surface area contributed by atoms with Crippen LogP contribution >= 0.6 is 0 Å². The van der Waals surface area contributed by atoms with Gasteiger partial charge in [0.15, 0.2) is 0 Å². The van der Waals surface area contributed by atoms with Crippen molar-refractivity contribution in [2.24, 2.45) is 0 Å². The van der Waals surface area contributed by atoms with Gasteiger partial charge < -0.3 is 16.0 Å². The van der Waals surface area contributed by atoms with Gasteiger partial charge in [-0.2, -0.15) is 0 Å². The molecule has 0 spiro atoms. The fourth-order valence-corrected chi connectivity index (χ4v) is 3.69. The molecule has 2 heterocycles. The molecule has 3 N–H and O–H groups in total. The highest BCUT2D eigenvalue weighted by Gasteiger charge is 2.20. The summed E-state index contributed by atoms with van der Waals surface area (Å²) >= 11 is 0. The van der Waals surface area contributed by atoms with E-state index in [0.29, 0.717) is 28.3 Å². The van der Waals surface area contributed by atoms with Gasteiger partial charge in [-0.25, -0.2) is 9.97 Å². The second-order valence-corrected chi connectivity index (χ2v) is 7.33. The molecule has 1 aliphatic heterocycles. The predicted molar refractivity (Wildman–Crippen MR) is 121 cm³/mol. The van der Waals surface area contributed by atoms with E-state index in [0.717, 1.165) is 37.1 Å². The molecule has 2 amide bonds. The molecule has 31 heavy (non-hydrogen) atoms. The van der Waals surface area contributed by atoms with E-state index in [1.54, 1.807) is 12.1 Å². The van der Waals surface area contributed by atoms with Crippen LogP contribution in [-0.4, -0.2) is 39.8 Å². The molecule has 0 radical (unpaired) electrons. The number of likely N-dealkylation sites (tertiary alicyclic amines) is 1. The van der Waals surface area contributed by atoms with Crippen LogP contribution in [0.1, 0.15) is 23.2 Å². The second-order valence-electron chi connectivity index (χ2n) is 7.33. The minimum absolute atomic E-state index is 0.0544. The number of nitrogen functional groups attached to an aromatic ring is 1. The number of carbonyl (C=O) groups excluding carboxylic acids is 2. The van der Waals surface area contributed by atoms with Gasteiger partial charge in [-0.05, 0) is 48.7 Å². The van der Waals surface area contributed by atoms with E-state index in [-0.39, 0.29) is 11.8 Å². The second kappa shape index (κ2) is 8.79. The van der Waals surface area contributed by atoms with Gasteiger partial charge in [0.05, 0.1) is 11.3 Å². The summed E-state index contributed by atoms with van der Waals surface area (Å²) in [5.74, 6) is 0.134. The standard InChI is InChI=1S/C24H23N5O2/c1-2-20(30)28-19-11-9-17(10-12-19)22-21(23(25)27-15-26-22)16-5-7-18(8-6-16)24(31)29-13-3-4-14-29/h2,5-12,15H,1,3-4,13-14H2,(H,28,30)(H2,25,26,27). The van der Waals surface area contributed by atoms with Crippen LogP contribution in [0.15, 0.2) is 67.5 Å². The molecule has 4 rings (SSSR count). The minimum atomic E-state index is -0.275. The first-order chi connectivity index (χ1) is 15.1. The molecule has 3 aromatic rings. The van der Waals surface area contributed by atoms with E-state index in [1.807, 2.05) is 41.3 Å². The molecule has 0 unspecified atom stereocenters. The van der Waals surface area contributed by atoms with Crippen LogP contribution in [-0.2, 0) is 4.79 Å². The zero-order valence-electron chi connectivity index (χ0n) is 17.0. The van der Waals surface area contributed by atoms with Crippen LogP contribution in [0.5, 0.6) is 0 Å². The molecule has 156 valence electrons. The summed E-state index contributed by atoms with van der Waals surface area (Å²) in [5, 5.41) is 2.72. The Morgan fingerprint density at radius 1 is 0.968 bits per heavy atom. The Balaban J connectivity index is 1.64. The average Bonchev–Trinajstić information content (AvgIpc) is 3.34. The van der Waals surface area contributed by atoms with Gasteiger partial charge >= 0.3 is 0 Å². The molecule has 1 aliphatic rings. The normalized spacial score (nSPS) is 13.1. The fraction of sp³-hybridized carbons (Fsp3) is 0.167. The molecule has 0 bridgehead atoms. The summed E-state index contributed by atoms with van der Waals surface area (Å²) in [6.07, 6.45) is 4.75. The molecule has 0 aliphatic carbocycles. The van der Waals surface area contributed by atoms with Crippen molar-refractivity contribution in [3.05, 3.63) is 73.1 Å². The van der Waals surface area contributed by atoms with Crippen molar-refractivity contribution >= 4 is 23.3 Å². The molecule has 0 saturated carbocycles. The van der Waals surface area contributed by atoms with Crippen LogP contribution in [0.25, 0.3) is 22.4 Å². The van der Waals surface area contributed by atoms with Crippen molar-refractivity contribution in [3.63, 3.8) is 0 Å². The van der Waals surface area contributed by atoms with Gasteiger partial charge in [0.2, 0.25) is 5.91 Å². The molecule has 1 aromatic heterocycles.